The largest absolute Gasteiger partial charge is 0.383 e. The molecule has 0 saturated carbocycles. The Kier molecular flexibility index (Phi) is 1.28. The van der Waals surface area contributed by atoms with E-state index in [4.69, 9.17) is 5.73 Å². The molecule has 0 radical (unpaired) electrons. The second-order valence-corrected chi connectivity index (χ2v) is 3.16. The Bertz CT molecular complexity index is 612. The monoisotopic (exact) mass is 184 g/mol. The van der Waals surface area contributed by atoms with E-state index in [9.17, 15) is 0 Å². The third kappa shape index (κ3) is 0.821. The Morgan fingerprint density at radius 3 is 2.93 bits per heavy atom. The molecule has 0 unspecified atom stereocenters. The molecule has 0 fully saturated rings. The predicted octanol–water partition coefficient (Wildman–Crippen LogP) is 1.69. The molecule has 0 saturated heterocycles. The summed E-state index contributed by atoms with van der Waals surface area (Å²) in [5.74, 6) is 0.521. The van der Waals surface area contributed by atoms with Gasteiger partial charge in [-0.05, 0) is 6.07 Å². The van der Waals surface area contributed by atoms with Crippen LogP contribution < -0.4 is 5.73 Å². The van der Waals surface area contributed by atoms with Crippen molar-refractivity contribution in [3.05, 3.63) is 30.5 Å². The molecule has 68 valence electrons. The van der Waals surface area contributed by atoms with Crippen LogP contribution in [0.1, 0.15) is 0 Å². The van der Waals surface area contributed by atoms with E-state index in [-0.39, 0.29) is 0 Å². The summed E-state index contributed by atoms with van der Waals surface area (Å²) in [5.41, 5.74) is 7.56. The summed E-state index contributed by atoms with van der Waals surface area (Å²) >= 11 is 0. The molecule has 0 amide bonds. The van der Waals surface area contributed by atoms with Gasteiger partial charge in [0.05, 0.1) is 10.9 Å². The maximum atomic E-state index is 5.80. The molecule has 1 aromatic carbocycles. The van der Waals surface area contributed by atoms with Crippen molar-refractivity contribution in [3.63, 3.8) is 0 Å². The van der Waals surface area contributed by atoms with Crippen LogP contribution >= 0.6 is 0 Å². The van der Waals surface area contributed by atoms with E-state index < -0.39 is 0 Å². The number of fused-ring (bicyclic) bond motifs is 3. The molecule has 0 bridgehead atoms. The fraction of sp³-hybridized carbons (Fsp3) is 0. The van der Waals surface area contributed by atoms with E-state index in [0.717, 1.165) is 21.8 Å². The van der Waals surface area contributed by atoms with E-state index >= 15 is 0 Å². The molecule has 3 aromatic rings. The maximum absolute atomic E-state index is 5.80. The number of rotatable bonds is 0. The van der Waals surface area contributed by atoms with Crippen LogP contribution in [0, 0.1) is 0 Å². The molecule has 0 spiro atoms. The number of nitrogens with two attached hydrogens (primary N) is 1. The lowest BCUT2D eigenvalue weighted by atomic mass is 10.1. The van der Waals surface area contributed by atoms with Crippen molar-refractivity contribution < 1.29 is 0 Å². The molecule has 2 heterocycles. The molecule has 0 aliphatic rings. The van der Waals surface area contributed by atoms with Gasteiger partial charge in [0, 0.05) is 11.6 Å². The SMILES string of the molecule is Nc1nc2ccccc2c2n[nH]cc12. The lowest BCUT2D eigenvalue weighted by Gasteiger charge is -1.99. The number of aromatic amines is 1. The zero-order valence-electron chi connectivity index (χ0n) is 7.36. The van der Waals surface area contributed by atoms with E-state index in [2.05, 4.69) is 15.2 Å². The first-order valence-electron chi connectivity index (χ1n) is 4.34. The minimum atomic E-state index is 0.521. The van der Waals surface area contributed by atoms with E-state index in [1.165, 1.54) is 0 Å². The van der Waals surface area contributed by atoms with Gasteiger partial charge in [-0.25, -0.2) is 4.98 Å². The molecular weight excluding hydrogens is 176 g/mol. The van der Waals surface area contributed by atoms with Crippen molar-refractivity contribution in [2.75, 3.05) is 5.73 Å². The third-order valence-electron chi connectivity index (χ3n) is 2.32. The van der Waals surface area contributed by atoms with Crippen LogP contribution in [0.4, 0.5) is 5.82 Å². The number of nitrogen functional groups attached to an aromatic ring is 1. The van der Waals surface area contributed by atoms with Crippen LogP contribution in [0.15, 0.2) is 30.5 Å². The van der Waals surface area contributed by atoms with Crippen LogP contribution in [0.5, 0.6) is 0 Å². The number of aromatic nitrogens is 3. The average molecular weight is 184 g/mol. The molecule has 4 heteroatoms. The molecular formula is C10H8N4. The summed E-state index contributed by atoms with van der Waals surface area (Å²) in [7, 11) is 0. The number of hydrogen-bond donors (Lipinski definition) is 2. The average Bonchev–Trinajstić information content (AvgIpc) is 2.67. The molecule has 0 aliphatic heterocycles. The van der Waals surface area contributed by atoms with Crippen LogP contribution in [-0.2, 0) is 0 Å². The molecule has 3 rings (SSSR count). The fourth-order valence-corrected chi connectivity index (χ4v) is 1.65. The topological polar surface area (TPSA) is 67.6 Å². The van der Waals surface area contributed by atoms with Crippen molar-refractivity contribution in [3.8, 4) is 0 Å². The minimum Gasteiger partial charge on any atom is -0.383 e. The van der Waals surface area contributed by atoms with Crippen LogP contribution in [0.2, 0.25) is 0 Å². The van der Waals surface area contributed by atoms with Crippen molar-refractivity contribution >= 4 is 27.6 Å². The molecule has 14 heavy (non-hydrogen) atoms. The second kappa shape index (κ2) is 2.45. The lowest BCUT2D eigenvalue weighted by Crippen LogP contribution is -1.91. The van der Waals surface area contributed by atoms with Gasteiger partial charge in [0.2, 0.25) is 0 Å². The first-order chi connectivity index (χ1) is 6.86. The van der Waals surface area contributed by atoms with Crippen LogP contribution in [0.3, 0.4) is 0 Å². The van der Waals surface area contributed by atoms with Crippen molar-refractivity contribution in [2.45, 2.75) is 0 Å². The van der Waals surface area contributed by atoms with Crippen LogP contribution in [-0.4, -0.2) is 15.2 Å². The number of pyridine rings is 1. The number of H-pyrrole nitrogens is 1. The summed E-state index contributed by atoms with van der Waals surface area (Å²) in [6.07, 6.45) is 1.77. The summed E-state index contributed by atoms with van der Waals surface area (Å²) in [5, 5.41) is 8.87. The number of hydrogen-bond acceptors (Lipinski definition) is 3. The van der Waals surface area contributed by atoms with Crippen molar-refractivity contribution in [1.29, 1.82) is 0 Å². The van der Waals surface area contributed by atoms with Gasteiger partial charge in [-0.2, -0.15) is 5.10 Å². The van der Waals surface area contributed by atoms with Crippen molar-refractivity contribution in [1.82, 2.24) is 15.2 Å². The van der Waals surface area contributed by atoms with E-state index in [1.807, 2.05) is 24.3 Å². The number of para-hydroxylation sites is 1. The Balaban J connectivity index is 2.66. The molecule has 3 N–H and O–H groups in total. The number of anilines is 1. The second-order valence-electron chi connectivity index (χ2n) is 3.16. The highest BCUT2D eigenvalue weighted by molar-refractivity contribution is 6.07. The van der Waals surface area contributed by atoms with Gasteiger partial charge >= 0.3 is 0 Å². The van der Waals surface area contributed by atoms with Crippen LogP contribution in [0.25, 0.3) is 21.8 Å². The van der Waals surface area contributed by atoms with Gasteiger partial charge in [-0.3, -0.25) is 5.10 Å². The van der Waals surface area contributed by atoms with Crippen molar-refractivity contribution in [2.24, 2.45) is 0 Å². The van der Waals surface area contributed by atoms with Gasteiger partial charge in [0.15, 0.2) is 0 Å². The zero-order chi connectivity index (χ0) is 9.54. The Morgan fingerprint density at radius 2 is 2.00 bits per heavy atom. The zero-order valence-corrected chi connectivity index (χ0v) is 7.36. The molecule has 0 aliphatic carbocycles. The first-order valence-corrected chi connectivity index (χ1v) is 4.34. The number of nitrogens with zero attached hydrogens (tertiary/aromatic N) is 2. The smallest absolute Gasteiger partial charge is 0.135 e. The lowest BCUT2D eigenvalue weighted by molar-refractivity contribution is 1.12. The molecule has 2 aromatic heterocycles. The standard InChI is InChI=1S/C10H8N4/c11-10-7-5-12-14-9(7)6-3-1-2-4-8(6)13-10/h1-5H,(H2,11,13)(H,12,14). The van der Waals surface area contributed by atoms with Gasteiger partial charge in [0.1, 0.15) is 11.3 Å². The normalized spacial score (nSPS) is 11.1. The third-order valence-corrected chi connectivity index (χ3v) is 2.32. The highest BCUT2D eigenvalue weighted by atomic mass is 15.1. The van der Waals surface area contributed by atoms with Gasteiger partial charge < -0.3 is 5.73 Å². The quantitative estimate of drug-likeness (QED) is 0.558. The summed E-state index contributed by atoms with van der Waals surface area (Å²) in [4.78, 5) is 4.29. The fourth-order valence-electron chi connectivity index (χ4n) is 1.65. The van der Waals surface area contributed by atoms with E-state index in [0.29, 0.717) is 5.82 Å². The number of nitrogens with one attached hydrogen (secondary N) is 1. The maximum Gasteiger partial charge on any atom is 0.135 e. The highest BCUT2D eigenvalue weighted by Gasteiger charge is 2.06. The molecule has 4 nitrogen and oxygen atoms in total. The summed E-state index contributed by atoms with van der Waals surface area (Å²) < 4.78 is 0. The van der Waals surface area contributed by atoms with Gasteiger partial charge in [0.25, 0.3) is 0 Å². The Morgan fingerprint density at radius 1 is 1.14 bits per heavy atom. The van der Waals surface area contributed by atoms with Gasteiger partial charge in [-0.15, -0.1) is 0 Å². The Hall–Kier alpha value is -2.10. The number of benzene rings is 1. The minimum absolute atomic E-state index is 0.521. The molecule has 0 atom stereocenters. The predicted molar refractivity (Wildman–Crippen MR) is 55.8 cm³/mol. The Labute approximate surface area is 79.8 Å². The van der Waals surface area contributed by atoms with E-state index in [1.54, 1.807) is 6.20 Å². The highest BCUT2D eigenvalue weighted by Crippen LogP contribution is 2.24. The summed E-state index contributed by atoms with van der Waals surface area (Å²) in [6.45, 7) is 0. The van der Waals surface area contributed by atoms with Gasteiger partial charge in [-0.1, -0.05) is 18.2 Å². The summed E-state index contributed by atoms with van der Waals surface area (Å²) in [6, 6.07) is 7.83. The first kappa shape index (κ1) is 7.32.